The van der Waals surface area contributed by atoms with E-state index in [0.29, 0.717) is 45.2 Å². The maximum absolute atomic E-state index is 11.8. The lowest BCUT2D eigenvalue weighted by atomic mass is 10.1. The number of sulfonamides is 1. The highest BCUT2D eigenvalue weighted by molar-refractivity contribution is 7.88. The minimum absolute atomic E-state index is 0.00549. The van der Waals surface area contributed by atoms with Crippen molar-refractivity contribution in [1.82, 2.24) is 19.2 Å². The number of aromatic nitrogens is 2. The zero-order chi connectivity index (χ0) is 23.7. The zero-order valence-electron chi connectivity index (χ0n) is 19.2. The van der Waals surface area contributed by atoms with Gasteiger partial charge in [0.25, 0.3) is 0 Å². The van der Waals surface area contributed by atoms with Crippen LogP contribution in [0.4, 0.5) is 5.82 Å². The summed E-state index contributed by atoms with van der Waals surface area (Å²) in [5.74, 6) is 1.61. The van der Waals surface area contributed by atoms with Crippen LogP contribution >= 0.6 is 11.3 Å². The molecule has 11 heteroatoms. The molecule has 0 amide bonds. The molecule has 0 unspecified atom stereocenters. The van der Waals surface area contributed by atoms with E-state index in [4.69, 9.17) is 14.7 Å². The maximum atomic E-state index is 11.8. The van der Waals surface area contributed by atoms with Gasteiger partial charge in [0.2, 0.25) is 10.0 Å². The van der Waals surface area contributed by atoms with Gasteiger partial charge in [-0.1, -0.05) is 24.3 Å². The largest absolute Gasteiger partial charge is 0.392 e. The molecule has 34 heavy (non-hydrogen) atoms. The van der Waals surface area contributed by atoms with E-state index in [1.807, 2.05) is 24.3 Å². The maximum Gasteiger partial charge on any atom is 0.211 e. The molecule has 3 aromatic rings. The van der Waals surface area contributed by atoms with Gasteiger partial charge in [-0.05, 0) is 11.6 Å². The van der Waals surface area contributed by atoms with Crippen LogP contribution in [0.1, 0.15) is 10.4 Å². The molecule has 1 N–H and O–H groups in total. The number of ether oxygens (including phenoxy) is 1. The predicted octanol–water partition coefficient (Wildman–Crippen LogP) is 1.76. The van der Waals surface area contributed by atoms with E-state index in [0.717, 1.165) is 46.8 Å². The van der Waals surface area contributed by atoms with Gasteiger partial charge in [-0.25, -0.2) is 18.4 Å². The first kappa shape index (κ1) is 23.6. The molecule has 0 saturated carbocycles. The zero-order valence-corrected chi connectivity index (χ0v) is 20.8. The molecule has 182 valence electrons. The Labute approximate surface area is 203 Å². The van der Waals surface area contributed by atoms with Crippen LogP contribution in [0.3, 0.4) is 0 Å². The van der Waals surface area contributed by atoms with Crippen molar-refractivity contribution in [3.8, 4) is 11.4 Å². The van der Waals surface area contributed by atoms with Crippen molar-refractivity contribution in [3.05, 3.63) is 40.8 Å². The minimum Gasteiger partial charge on any atom is -0.392 e. The molecule has 0 spiro atoms. The normalized spacial score (nSPS) is 18.6. The van der Waals surface area contributed by atoms with Gasteiger partial charge in [-0.15, -0.1) is 11.3 Å². The average Bonchev–Trinajstić information content (AvgIpc) is 3.26. The predicted molar refractivity (Wildman–Crippen MR) is 133 cm³/mol. The van der Waals surface area contributed by atoms with Gasteiger partial charge in [0.05, 0.1) is 36.3 Å². The molecule has 0 aliphatic carbocycles. The summed E-state index contributed by atoms with van der Waals surface area (Å²) < 4.78 is 31.8. The quantitative estimate of drug-likeness (QED) is 0.543. The van der Waals surface area contributed by atoms with E-state index in [-0.39, 0.29) is 6.61 Å². The smallest absolute Gasteiger partial charge is 0.211 e. The van der Waals surface area contributed by atoms with Crippen molar-refractivity contribution in [2.24, 2.45) is 0 Å². The molecule has 0 bridgehead atoms. The number of aliphatic hydroxyl groups is 1. The second-order valence-corrected chi connectivity index (χ2v) is 11.8. The van der Waals surface area contributed by atoms with Crippen molar-refractivity contribution < 1.29 is 18.3 Å². The lowest BCUT2D eigenvalue weighted by molar-refractivity contribution is 0.122. The topological polar surface area (TPSA) is 99.1 Å². The SMILES string of the molecule is CS(=O)(=O)N1CCN(Cc2cc3nc(-c4ccc(CO)cc4)nc(N4CCOCC4)c3s2)CC1. The van der Waals surface area contributed by atoms with Crippen molar-refractivity contribution in [2.75, 3.05) is 63.6 Å². The van der Waals surface area contributed by atoms with Crippen molar-refractivity contribution in [1.29, 1.82) is 0 Å². The number of anilines is 1. The molecule has 2 aliphatic heterocycles. The molecular formula is C23H29N5O4S2. The van der Waals surface area contributed by atoms with Gasteiger partial charge in [-0.3, -0.25) is 4.90 Å². The van der Waals surface area contributed by atoms with Crippen LogP contribution in [0.5, 0.6) is 0 Å². The standard InChI is InChI=1S/C23H29N5O4S2/c1-34(30,31)28-8-6-26(7-9-28)15-19-14-20-21(33-19)23(27-10-12-32-13-11-27)25-22(24-20)18-4-2-17(16-29)3-5-18/h2-5,14,29H,6-13,15-16H2,1H3. The van der Waals surface area contributed by atoms with E-state index >= 15 is 0 Å². The number of thiophene rings is 1. The third kappa shape index (κ3) is 5.09. The highest BCUT2D eigenvalue weighted by Crippen LogP contribution is 2.35. The fourth-order valence-electron chi connectivity index (χ4n) is 4.36. The molecule has 2 aliphatic rings. The Morgan fingerprint density at radius 3 is 2.38 bits per heavy atom. The number of hydrogen-bond acceptors (Lipinski definition) is 9. The molecular weight excluding hydrogens is 474 g/mol. The van der Waals surface area contributed by atoms with E-state index in [1.54, 1.807) is 15.6 Å². The molecule has 2 aromatic heterocycles. The minimum atomic E-state index is -3.13. The van der Waals surface area contributed by atoms with Gasteiger partial charge >= 0.3 is 0 Å². The number of aliphatic hydroxyl groups excluding tert-OH is 1. The van der Waals surface area contributed by atoms with E-state index in [1.165, 1.54) is 11.1 Å². The number of morpholine rings is 1. The Hall–Kier alpha value is -2.15. The number of hydrogen-bond donors (Lipinski definition) is 1. The van der Waals surface area contributed by atoms with E-state index in [2.05, 4.69) is 15.9 Å². The van der Waals surface area contributed by atoms with Gasteiger partial charge < -0.3 is 14.7 Å². The van der Waals surface area contributed by atoms with E-state index < -0.39 is 10.0 Å². The summed E-state index contributed by atoms with van der Waals surface area (Å²) in [7, 11) is -3.13. The Bertz CT molecular complexity index is 1250. The fourth-order valence-corrected chi connectivity index (χ4v) is 6.34. The van der Waals surface area contributed by atoms with Crippen LogP contribution in [0, 0.1) is 0 Å². The lowest BCUT2D eigenvalue weighted by Gasteiger charge is -2.32. The summed E-state index contributed by atoms with van der Waals surface area (Å²) in [5, 5.41) is 9.36. The fraction of sp³-hybridized carbons (Fsp3) is 0.478. The van der Waals surface area contributed by atoms with Gasteiger partial charge in [-0.2, -0.15) is 4.31 Å². The summed E-state index contributed by atoms with van der Waals surface area (Å²) in [6.45, 7) is 6.17. The number of benzene rings is 1. The Kier molecular flexibility index (Phi) is 6.83. The Morgan fingerprint density at radius 2 is 1.74 bits per heavy atom. The van der Waals surface area contributed by atoms with Crippen LogP contribution in [-0.4, -0.2) is 91.4 Å². The molecule has 0 atom stereocenters. The van der Waals surface area contributed by atoms with Gasteiger partial charge in [0.1, 0.15) is 0 Å². The summed E-state index contributed by atoms with van der Waals surface area (Å²) in [4.78, 5) is 15.6. The molecule has 2 saturated heterocycles. The molecule has 1 aromatic carbocycles. The van der Waals surface area contributed by atoms with Crippen molar-refractivity contribution in [2.45, 2.75) is 13.2 Å². The summed E-state index contributed by atoms with van der Waals surface area (Å²) in [6, 6.07) is 9.83. The van der Waals surface area contributed by atoms with Crippen molar-refractivity contribution >= 4 is 37.4 Å². The summed E-state index contributed by atoms with van der Waals surface area (Å²) in [5.41, 5.74) is 2.69. The Morgan fingerprint density at radius 1 is 1.03 bits per heavy atom. The van der Waals surface area contributed by atoms with Crippen molar-refractivity contribution in [3.63, 3.8) is 0 Å². The molecule has 4 heterocycles. The van der Waals surface area contributed by atoms with Crippen LogP contribution in [0.2, 0.25) is 0 Å². The number of rotatable bonds is 6. The first-order chi connectivity index (χ1) is 16.4. The third-order valence-corrected chi connectivity index (χ3v) is 8.70. The molecule has 2 fully saturated rings. The molecule has 0 radical (unpaired) electrons. The monoisotopic (exact) mass is 503 g/mol. The molecule has 5 rings (SSSR count). The van der Waals surface area contributed by atoms with Gasteiger partial charge in [0, 0.05) is 56.3 Å². The first-order valence-electron chi connectivity index (χ1n) is 11.4. The summed E-state index contributed by atoms with van der Waals surface area (Å²) >= 11 is 1.71. The number of fused-ring (bicyclic) bond motifs is 1. The van der Waals surface area contributed by atoms with E-state index in [9.17, 15) is 13.5 Å². The highest BCUT2D eigenvalue weighted by Gasteiger charge is 2.25. The van der Waals surface area contributed by atoms with Gasteiger partial charge in [0.15, 0.2) is 11.6 Å². The van der Waals surface area contributed by atoms with Crippen LogP contribution in [0.15, 0.2) is 30.3 Å². The van der Waals surface area contributed by atoms with Crippen LogP contribution < -0.4 is 4.90 Å². The van der Waals surface area contributed by atoms with Crippen LogP contribution in [0.25, 0.3) is 21.6 Å². The van der Waals surface area contributed by atoms with Crippen LogP contribution in [-0.2, 0) is 27.9 Å². The number of nitrogens with zero attached hydrogens (tertiary/aromatic N) is 5. The number of piperazine rings is 1. The Balaban J connectivity index is 1.44. The second-order valence-electron chi connectivity index (χ2n) is 8.69. The highest BCUT2D eigenvalue weighted by atomic mass is 32.2. The third-order valence-electron chi connectivity index (χ3n) is 6.29. The lowest BCUT2D eigenvalue weighted by Crippen LogP contribution is -2.47. The second kappa shape index (κ2) is 9.84. The average molecular weight is 504 g/mol. The molecule has 9 nitrogen and oxygen atoms in total. The first-order valence-corrected chi connectivity index (χ1v) is 14.1. The summed E-state index contributed by atoms with van der Waals surface area (Å²) in [6.07, 6.45) is 1.27.